The Kier molecular flexibility index (Phi) is 6.48. The van der Waals surface area contributed by atoms with Crippen LogP contribution < -0.4 is 5.32 Å². The van der Waals surface area contributed by atoms with Gasteiger partial charge in [0.25, 0.3) is 5.91 Å². The molecule has 5 rings (SSSR count). The van der Waals surface area contributed by atoms with E-state index in [1.165, 1.54) is 22.9 Å². The number of carbonyl (C=O) groups excluding carboxylic acids is 2. The zero-order valence-electron chi connectivity index (χ0n) is 18.8. The third-order valence-corrected chi connectivity index (χ3v) is 8.44. The number of benzene rings is 2. The molecule has 180 valence electrons. The average Bonchev–Trinajstić information content (AvgIpc) is 3.57. The van der Waals surface area contributed by atoms with E-state index in [0.717, 1.165) is 33.6 Å². The van der Waals surface area contributed by atoms with Gasteiger partial charge in [-0.05, 0) is 29.2 Å². The molecular formula is C25H23N3O5S2. The first-order chi connectivity index (χ1) is 16.9. The molecule has 8 nitrogen and oxygen atoms in total. The van der Waals surface area contributed by atoms with Crippen molar-refractivity contribution >= 4 is 41.1 Å². The fourth-order valence-electron chi connectivity index (χ4n) is 4.56. The minimum atomic E-state index is -1.02. The highest BCUT2D eigenvalue weighted by atomic mass is 32.2. The maximum absolute atomic E-state index is 12.9. The second kappa shape index (κ2) is 9.71. The van der Waals surface area contributed by atoms with Gasteiger partial charge >= 0.3 is 12.1 Å². The van der Waals surface area contributed by atoms with Crippen molar-refractivity contribution in [3.63, 3.8) is 0 Å². The largest absolute Gasteiger partial charge is 0.480 e. The van der Waals surface area contributed by atoms with E-state index in [9.17, 15) is 19.5 Å². The number of carboxylic acids is 1. The van der Waals surface area contributed by atoms with Crippen molar-refractivity contribution in [2.45, 2.75) is 30.8 Å². The highest BCUT2D eigenvalue weighted by Gasteiger charge is 2.40. The van der Waals surface area contributed by atoms with Gasteiger partial charge in [-0.15, -0.1) is 23.1 Å². The average molecular weight is 510 g/mol. The van der Waals surface area contributed by atoms with Gasteiger partial charge in [-0.25, -0.2) is 14.6 Å². The summed E-state index contributed by atoms with van der Waals surface area (Å²) in [5.74, 6) is -1.05. The van der Waals surface area contributed by atoms with Crippen molar-refractivity contribution in [3.8, 4) is 11.1 Å². The van der Waals surface area contributed by atoms with Crippen molar-refractivity contribution in [1.82, 2.24) is 15.2 Å². The summed E-state index contributed by atoms with van der Waals surface area (Å²) in [4.78, 5) is 42.7. The van der Waals surface area contributed by atoms with Crippen LogP contribution in [0, 0.1) is 0 Å². The molecule has 3 aromatic rings. The lowest BCUT2D eigenvalue weighted by atomic mass is 9.98. The molecule has 0 spiro atoms. The summed E-state index contributed by atoms with van der Waals surface area (Å²) in [6.07, 6.45) is 0.863. The van der Waals surface area contributed by atoms with Crippen LogP contribution >= 0.6 is 23.1 Å². The molecule has 1 saturated heterocycles. The molecule has 2 atom stereocenters. The van der Waals surface area contributed by atoms with E-state index in [2.05, 4.69) is 34.6 Å². The van der Waals surface area contributed by atoms with Crippen LogP contribution in [0.5, 0.6) is 0 Å². The van der Waals surface area contributed by atoms with E-state index in [1.807, 2.05) is 31.2 Å². The van der Waals surface area contributed by atoms with Gasteiger partial charge in [-0.2, -0.15) is 0 Å². The minimum absolute atomic E-state index is 0.0280. The van der Waals surface area contributed by atoms with Gasteiger partial charge in [0.1, 0.15) is 22.5 Å². The second-order valence-corrected chi connectivity index (χ2v) is 10.8. The summed E-state index contributed by atoms with van der Waals surface area (Å²) in [6.45, 7) is 2.13. The van der Waals surface area contributed by atoms with E-state index in [1.54, 1.807) is 0 Å². The molecule has 1 aliphatic carbocycles. The zero-order chi connectivity index (χ0) is 24.5. The topological polar surface area (TPSA) is 109 Å². The molecule has 2 heterocycles. The van der Waals surface area contributed by atoms with Crippen molar-refractivity contribution in [3.05, 3.63) is 75.7 Å². The molecule has 2 amide bonds. The Hall–Kier alpha value is -3.37. The van der Waals surface area contributed by atoms with Crippen molar-refractivity contribution < 1.29 is 24.2 Å². The van der Waals surface area contributed by atoms with Crippen LogP contribution in [0.2, 0.25) is 0 Å². The Morgan fingerprint density at radius 3 is 2.43 bits per heavy atom. The van der Waals surface area contributed by atoms with Crippen molar-refractivity contribution in [1.29, 1.82) is 0 Å². The number of aliphatic carboxylic acids is 1. The predicted molar refractivity (Wildman–Crippen MR) is 134 cm³/mol. The van der Waals surface area contributed by atoms with Gasteiger partial charge in [-0.1, -0.05) is 48.5 Å². The Morgan fingerprint density at radius 2 is 1.77 bits per heavy atom. The Labute approximate surface area is 210 Å². The number of fused-ring (bicyclic) bond motifs is 3. The fraction of sp³-hybridized carbons (Fsp3) is 0.280. The molecule has 1 aromatic heterocycles. The van der Waals surface area contributed by atoms with Crippen LogP contribution in [0.25, 0.3) is 11.1 Å². The summed E-state index contributed by atoms with van der Waals surface area (Å²) in [6, 6.07) is 15.4. The van der Waals surface area contributed by atoms with Crippen molar-refractivity contribution in [2.24, 2.45) is 0 Å². The highest BCUT2D eigenvalue weighted by molar-refractivity contribution is 8.00. The van der Waals surface area contributed by atoms with Crippen LogP contribution in [-0.4, -0.2) is 56.7 Å². The maximum atomic E-state index is 12.9. The molecule has 0 radical (unpaired) electrons. The first-order valence-corrected chi connectivity index (χ1v) is 13.0. The molecular weight excluding hydrogens is 486 g/mol. The smallest absolute Gasteiger partial charge is 0.407 e. The van der Waals surface area contributed by atoms with E-state index in [0.29, 0.717) is 15.6 Å². The third-order valence-electron chi connectivity index (χ3n) is 6.23. The molecule has 2 unspecified atom stereocenters. The Balaban J connectivity index is 1.18. The fourth-order valence-corrected chi connectivity index (χ4v) is 6.53. The van der Waals surface area contributed by atoms with E-state index >= 15 is 0 Å². The molecule has 1 fully saturated rings. The number of carboxylic acid groups (broad SMARTS) is 1. The number of amides is 2. The molecule has 2 aliphatic rings. The molecule has 0 saturated carbocycles. The van der Waals surface area contributed by atoms with Gasteiger partial charge in [0.05, 0.1) is 18.1 Å². The number of alkyl carbamates (subject to hydrolysis) is 1. The number of ether oxygens (including phenoxy) is 1. The molecule has 2 aromatic carbocycles. The lowest BCUT2D eigenvalue weighted by molar-refractivity contribution is -0.141. The lowest BCUT2D eigenvalue weighted by Gasteiger charge is -2.24. The number of thiazole rings is 1. The SMILES string of the molecule is CC1SCC(C(=O)O)N1C(=O)c1cnc(CNC(=O)OCC2c3ccccc3-c3ccccc32)s1. The Morgan fingerprint density at radius 1 is 1.11 bits per heavy atom. The summed E-state index contributed by atoms with van der Waals surface area (Å²) in [5.41, 5.74) is 4.60. The maximum Gasteiger partial charge on any atom is 0.407 e. The first-order valence-electron chi connectivity index (χ1n) is 11.1. The van der Waals surface area contributed by atoms with Crippen molar-refractivity contribution in [2.75, 3.05) is 12.4 Å². The first kappa shape index (κ1) is 23.4. The minimum Gasteiger partial charge on any atom is -0.480 e. The van der Waals surface area contributed by atoms with E-state index in [4.69, 9.17) is 4.74 Å². The monoisotopic (exact) mass is 509 g/mol. The van der Waals surface area contributed by atoms with Crippen LogP contribution in [0.1, 0.15) is 38.6 Å². The van der Waals surface area contributed by atoms with Crippen LogP contribution in [-0.2, 0) is 16.1 Å². The summed E-state index contributed by atoms with van der Waals surface area (Å²) in [5, 5.41) is 12.4. The Bertz CT molecular complexity index is 1250. The number of hydrogen-bond acceptors (Lipinski definition) is 7. The zero-order valence-corrected chi connectivity index (χ0v) is 20.5. The second-order valence-electron chi connectivity index (χ2n) is 8.30. The molecule has 10 heteroatoms. The highest BCUT2D eigenvalue weighted by Crippen LogP contribution is 2.44. The number of nitrogens with zero attached hydrogens (tertiary/aromatic N) is 2. The van der Waals surface area contributed by atoms with Crippen LogP contribution in [0.15, 0.2) is 54.7 Å². The summed E-state index contributed by atoms with van der Waals surface area (Å²) >= 11 is 2.56. The summed E-state index contributed by atoms with van der Waals surface area (Å²) in [7, 11) is 0. The molecule has 2 N–H and O–H groups in total. The molecule has 0 bridgehead atoms. The number of thioether (sulfide) groups is 1. The van der Waals surface area contributed by atoms with Gasteiger partial charge in [0.2, 0.25) is 0 Å². The van der Waals surface area contributed by atoms with Gasteiger partial charge in [-0.3, -0.25) is 4.79 Å². The van der Waals surface area contributed by atoms with Gasteiger partial charge in [0, 0.05) is 11.7 Å². The number of aromatic nitrogens is 1. The normalized spacial score (nSPS) is 18.7. The number of carbonyl (C=O) groups is 3. The predicted octanol–water partition coefficient (Wildman–Crippen LogP) is 4.17. The number of nitrogens with one attached hydrogen (secondary N) is 1. The van der Waals surface area contributed by atoms with Gasteiger partial charge < -0.3 is 20.1 Å². The van der Waals surface area contributed by atoms with E-state index in [-0.39, 0.29) is 30.4 Å². The van der Waals surface area contributed by atoms with Gasteiger partial charge in [0.15, 0.2) is 0 Å². The molecule has 1 aliphatic heterocycles. The third kappa shape index (κ3) is 4.51. The van der Waals surface area contributed by atoms with E-state index < -0.39 is 18.1 Å². The number of rotatable bonds is 6. The lowest BCUT2D eigenvalue weighted by Crippen LogP contribution is -2.44. The summed E-state index contributed by atoms with van der Waals surface area (Å²) < 4.78 is 5.54. The standard InChI is InChI=1S/C25H23N3O5S2/c1-14-28(20(13-34-14)24(30)31)23(29)21-10-26-22(35-21)11-27-25(32)33-12-19-17-8-4-2-6-15(17)16-7-3-5-9-18(16)19/h2-10,14,19-20H,11-13H2,1H3,(H,27,32)(H,30,31). The number of hydrogen-bond donors (Lipinski definition) is 2. The quantitative estimate of drug-likeness (QED) is 0.513. The van der Waals surface area contributed by atoms with Crippen LogP contribution in [0.3, 0.4) is 0 Å². The van der Waals surface area contributed by atoms with Crippen LogP contribution in [0.4, 0.5) is 4.79 Å². The molecule has 35 heavy (non-hydrogen) atoms.